The number of benzene rings is 3. The molecule has 0 spiro atoms. The van der Waals surface area contributed by atoms with Gasteiger partial charge in [0.2, 0.25) is 0 Å². The first-order valence-corrected chi connectivity index (χ1v) is 11.2. The standard InChI is InChI=1S/C25H20Cl2FNO3/c26-18-7-10-20(21(27)15-18)25(17-5-8-19(28)9-6-17)31-22-11-4-16(14-23(22)32-25)24(30)29-12-2-1-3-13-29/h4-11,14-15H,1-3,12-13H2. The summed E-state index contributed by atoms with van der Waals surface area (Å²) in [5.74, 6) is -0.959. The molecule has 0 N–H and O–H groups in total. The molecule has 1 amide bonds. The summed E-state index contributed by atoms with van der Waals surface area (Å²) in [6, 6.07) is 16.0. The second-order valence-electron chi connectivity index (χ2n) is 7.97. The fourth-order valence-electron chi connectivity index (χ4n) is 4.22. The van der Waals surface area contributed by atoms with Crippen LogP contribution in [0.25, 0.3) is 0 Å². The van der Waals surface area contributed by atoms with E-state index in [9.17, 15) is 9.18 Å². The van der Waals surface area contributed by atoms with Crippen LogP contribution < -0.4 is 9.47 Å². The van der Waals surface area contributed by atoms with Gasteiger partial charge in [-0.3, -0.25) is 4.79 Å². The van der Waals surface area contributed by atoms with Crippen molar-refractivity contribution in [3.8, 4) is 11.5 Å². The van der Waals surface area contributed by atoms with Crippen molar-refractivity contribution in [3.63, 3.8) is 0 Å². The van der Waals surface area contributed by atoms with Crippen LogP contribution in [0.1, 0.15) is 40.7 Å². The Hall–Kier alpha value is -2.76. The van der Waals surface area contributed by atoms with Crippen molar-refractivity contribution in [1.82, 2.24) is 4.90 Å². The molecular formula is C25H20Cl2FNO3. The third-order valence-electron chi connectivity index (χ3n) is 5.85. The molecule has 0 aromatic heterocycles. The molecule has 2 aliphatic heterocycles. The topological polar surface area (TPSA) is 38.8 Å². The number of hydrogen-bond acceptors (Lipinski definition) is 3. The highest BCUT2D eigenvalue weighted by Crippen LogP contribution is 2.49. The SMILES string of the molecule is O=C(c1ccc2c(c1)OC(c1ccc(F)cc1)(c1ccc(Cl)cc1Cl)O2)N1CCCCC1. The van der Waals surface area contributed by atoms with Crippen molar-refractivity contribution >= 4 is 29.1 Å². The number of nitrogens with zero attached hydrogens (tertiary/aromatic N) is 1. The Bertz CT molecular complexity index is 1180. The normalized spacial score (nSPS) is 19.8. The summed E-state index contributed by atoms with van der Waals surface area (Å²) in [6.45, 7) is 1.51. The maximum Gasteiger partial charge on any atom is 0.307 e. The van der Waals surface area contributed by atoms with E-state index in [-0.39, 0.29) is 11.7 Å². The Morgan fingerprint density at radius 1 is 0.875 bits per heavy atom. The lowest BCUT2D eigenvalue weighted by Crippen LogP contribution is -2.37. The zero-order chi connectivity index (χ0) is 22.3. The first kappa shape index (κ1) is 21.1. The number of halogens is 3. The van der Waals surface area contributed by atoms with Crippen LogP contribution in [0, 0.1) is 5.82 Å². The van der Waals surface area contributed by atoms with Gasteiger partial charge in [-0.05, 0) is 79.9 Å². The predicted molar refractivity (Wildman–Crippen MR) is 121 cm³/mol. The summed E-state index contributed by atoms with van der Waals surface area (Å²) in [5.41, 5.74) is 1.62. The van der Waals surface area contributed by atoms with Gasteiger partial charge in [0.15, 0.2) is 11.5 Å². The van der Waals surface area contributed by atoms with Gasteiger partial charge in [-0.1, -0.05) is 23.2 Å². The van der Waals surface area contributed by atoms with Crippen LogP contribution in [0.2, 0.25) is 10.0 Å². The first-order chi connectivity index (χ1) is 15.5. The summed E-state index contributed by atoms with van der Waals surface area (Å²) in [6.07, 6.45) is 3.17. The van der Waals surface area contributed by atoms with Gasteiger partial charge < -0.3 is 14.4 Å². The van der Waals surface area contributed by atoms with Crippen molar-refractivity contribution in [2.24, 2.45) is 0 Å². The Morgan fingerprint density at radius 2 is 1.59 bits per heavy atom. The molecule has 1 fully saturated rings. The van der Waals surface area contributed by atoms with E-state index in [1.54, 1.807) is 48.5 Å². The maximum absolute atomic E-state index is 13.6. The quantitative estimate of drug-likeness (QED) is 0.441. The van der Waals surface area contributed by atoms with E-state index < -0.39 is 5.79 Å². The van der Waals surface area contributed by atoms with Gasteiger partial charge in [0.1, 0.15) is 5.82 Å². The lowest BCUT2D eigenvalue weighted by atomic mass is 9.97. The molecule has 3 aromatic rings. The van der Waals surface area contributed by atoms with E-state index >= 15 is 0 Å². The number of rotatable bonds is 3. The number of carbonyl (C=O) groups excluding carboxylic acids is 1. The zero-order valence-corrected chi connectivity index (χ0v) is 18.6. The number of amides is 1. The number of ether oxygens (including phenoxy) is 2. The first-order valence-electron chi connectivity index (χ1n) is 10.5. The predicted octanol–water partition coefficient (Wildman–Crippen LogP) is 6.43. The van der Waals surface area contributed by atoms with Crippen LogP contribution in [-0.4, -0.2) is 23.9 Å². The minimum Gasteiger partial charge on any atom is -0.440 e. The molecule has 1 saturated heterocycles. The van der Waals surface area contributed by atoms with E-state index in [1.165, 1.54) is 12.1 Å². The molecular weight excluding hydrogens is 452 g/mol. The minimum atomic E-state index is -1.44. The van der Waals surface area contributed by atoms with Crippen LogP contribution in [0.3, 0.4) is 0 Å². The van der Waals surface area contributed by atoms with Crippen LogP contribution >= 0.6 is 23.2 Å². The smallest absolute Gasteiger partial charge is 0.307 e. The highest BCUT2D eigenvalue weighted by molar-refractivity contribution is 6.35. The summed E-state index contributed by atoms with van der Waals surface area (Å²) < 4.78 is 26.3. The van der Waals surface area contributed by atoms with Gasteiger partial charge in [-0.25, -0.2) is 4.39 Å². The van der Waals surface area contributed by atoms with Crippen molar-refractivity contribution in [3.05, 3.63) is 93.2 Å². The average Bonchev–Trinajstić information content (AvgIpc) is 3.19. The molecule has 1 unspecified atom stereocenters. The Labute approximate surface area is 195 Å². The Balaban J connectivity index is 1.56. The summed E-state index contributed by atoms with van der Waals surface area (Å²) in [4.78, 5) is 14.8. The second kappa shape index (κ2) is 8.30. The van der Waals surface area contributed by atoms with Crippen LogP contribution in [0.4, 0.5) is 4.39 Å². The molecule has 0 saturated carbocycles. The Kier molecular flexibility index (Phi) is 5.48. The van der Waals surface area contributed by atoms with Crippen molar-refractivity contribution in [2.75, 3.05) is 13.1 Å². The molecule has 32 heavy (non-hydrogen) atoms. The summed E-state index contributed by atoms with van der Waals surface area (Å²) in [7, 11) is 0. The molecule has 0 bridgehead atoms. The molecule has 3 aromatic carbocycles. The molecule has 2 heterocycles. The van der Waals surface area contributed by atoms with Gasteiger partial charge in [-0.2, -0.15) is 0 Å². The summed E-state index contributed by atoms with van der Waals surface area (Å²) >= 11 is 12.6. The largest absolute Gasteiger partial charge is 0.440 e. The lowest BCUT2D eigenvalue weighted by Gasteiger charge is -2.29. The van der Waals surface area contributed by atoms with Crippen LogP contribution in [0.15, 0.2) is 60.7 Å². The number of piperidine rings is 1. The molecule has 2 aliphatic rings. The van der Waals surface area contributed by atoms with Gasteiger partial charge in [-0.15, -0.1) is 0 Å². The molecule has 1 atom stereocenters. The number of carbonyl (C=O) groups is 1. The molecule has 7 heteroatoms. The Morgan fingerprint density at radius 3 is 2.31 bits per heavy atom. The fourth-order valence-corrected chi connectivity index (χ4v) is 4.76. The van der Waals surface area contributed by atoms with E-state index in [0.717, 1.165) is 32.4 Å². The van der Waals surface area contributed by atoms with Gasteiger partial charge in [0, 0.05) is 29.2 Å². The van der Waals surface area contributed by atoms with Crippen molar-refractivity contribution in [2.45, 2.75) is 25.0 Å². The minimum absolute atomic E-state index is 0.0279. The highest BCUT2D eigenvalue weighted by atomic mass is 35.5. The van der Waals surface area contributed by atoms with E-state index in [4.69, 9.17) is 32.7 Å². The van der Waals surface area contributed by atoms with E-state index in [1.807, 2.05) is 4.90 Å². The van der Waals surface area contributed by atoms with Crippen molar-refractivity contribution < 1.29 is 18.7 Å². The third kappa shape index (κ3) is 3.70. The third-order valence-corrected chi connectivity index (χ3v) is 6.40. The van der Waals surface area contributed by atoms with Gasteiger partial charge in [0.05, 0.1) is 10.6 Å². The van der Waals surface area contributed by atoms with Gasteiger partial charge in [0.25, 0.3) is 5.91 Å². The average molecular weight is 472 g/mol. The van der Waals surface area contributed by atoms with Crippen molar-refractivity contribution in [1.29, 1.82) is 0 Å². The molecule has 0 aliphatic carbocycles. The van der Waals surface area contributed by atoms with E-state index in [0.29, 0.717) is 38.2 Å². The second-order valence-corrected chi connectivity index (χ2v) is 8.81. The zero-order valence-electron chi connectivity index (χ0n) is 17.1. The number of fused-ring (bicyclic) bond motifs is 1. The summed E-state index contributed by atoms with van der Waals surface area (Å²) in [5, 5.41) is 0.817. The molecule has 5 rings (SSSR count). The highest BCUT2D eigenvalue weighted by Gasteiger charge is 2.47. The number of hydrogen-bond donors (Lipinski definition) is 0. The molecule has 4 nitrogen and oxygen atoms in total. The maximum atomic E-state index is 13.6. The van der Waals surface area contributed by atoms with Crippen LogP contribution in [-0.2, 0) is 5.79 Å². The monoisotopic (exact) mass is 471 g/mol. The number of likely N-dealkylation sites (tertiary alicyclic amines) is 1. The van der Waals surface area contributed by atoms with Gasteiger partial charge >= 0.3 is 5.79 Å². The lowest BCUT2D eigenvalue weighted by molar-refractivity contribution is -0.0458. The fraction of sp³-hybridized carbons (Fsp3) is 0.240. The van der Waals surface area contributed by atoms with E-state index in [2.05, 4.69) is 0 Å². The van der Waals surface area contributed by atoms with Crippen LogP contribution in [0.5, 0.6) is 11.5 Å². The molecule has 164 valence electrons. The molecule has 0 radical (unpaired) electrons.